The summed E-state index contributed by atoms with van der Waals surface area (Å²) in [5, 5.41) is 2.63. The number of carbonyl (C=O) groups excluding carboxylic acids is 1. The molecule has 0 saturated heterocycles. The van der Waals surface area contributed by atoms with Crippen LogP contribution < -0.4 is 16.0 Å². The van der Waals surface area contributed by atoms with Gasteiger partial charge in [0.1, 0.15) is 0 Å². The van der Waals surface area contributed by atoms with E-state index in [1.165, 1.54) is 25.7 Å². The molecule has 2 fully saturated rings. The largest absolute Gasteiger partial charge is 0.397 e. The topological polar surface area (TPSA) is 58.4 Å². The summed E-state index contributed by atoms with van der Waals surface area (Å²) in [6.45, 7) is 2.22. The number of rotatable bonds is 6. The Bertz CT molecular complexity index is 492. The van der Waals surface area contributed by atoms with Crippen LogP contribution in [0.3, 0.4) is 0 Å². The van der Waals surface area contributed by atoms with Gasteiger partial charge in [-0.15, -0.1) is 0 Å². The number of nitrogens with one attached hydrogen (secondary N) is 1. The predicted octanol–water partition coefficient (Wildman–Crippen LogP) is 2.25. The molecule has 4 heteroatoms. The molecule has 0 aromatic heterocycles. The van der Waals surface area contributed by atoms with Crippen LogP contribution in [-0.2, 0) is 0 Å². The molecule has 1 aromatic carbocycles. The molecule has 0 spiro atoms. The smallest absolute Gasteiger partial charge is 0.251 e. The second-order valence-corrected chi connectivity index (χ2v) is 6.14. The van der Waals surface area contributed by atoms with Crippen molar-refractivity contribution in [2.45, 2.75) is 25.7 Å². The Labute approximate surface area is 120 Å². The first-order valence-corrected chi connectivity index (χ1v) is 7.54. The van der Waals surface area contributed by atoms with Crippen LogP contribution in [0.5, 0.6) is 0 Å². The Morgan fingerprint density at radius 2 is 1.85 bits per heavy atom. The molecule has 0 bridgehead atoms. The highest BCUT2D eigenvalue weighted by Gasteiger charge is 2.30. The van der Waals surface area contributed by atoms with E-state index in [1.807, 2.05) is 12.1 Å². The monoisotopic (exact) mass is 273 g/mol. The van der Waals surface area contributed by atoms with E-state index in [-0.39, 0.29) is 5.91 Å². The number of carbonyl (C=O) groups is 1. The number of nitrogens with two attached hydrogens (primary N) is 1. The highest BCUT2D eigenvalue weighted by molar-refractivity contribution is 5.96. The molecule has 1 aromatic rings. The summed E-state index contributed by atoms with van der Waals surface area (Å²) in [5.74, 6) is 1.60. The maximum Gasteiger partial charge on any atom is 0.251 e. The molecule has 2 saturated carbocycles. The van der Waals surface area contributed by atoms with E-state index in [4.69, 9.17) is 5.73 Å². The Morgan fingerprint density at radius 1 is 1.25 bits per heavy atom. The van der Waals surface area contributed by atoms with Crippen LogP contribution in [0.1, 0.15) is 36.0 Å². The van der Waals surface area contributed by atoms with Gasteiger partial charge in [0.05, 0.1) is 11.4 Å². The Balaban J connectivity index is 1.79. The third-order valence-corrected chi connectivity index (χ3v) is 4.21. The molecule has 2 aliphatic rings. The number of amides is 1. The van der Waals surface area contributed by atoms with E-state index in [0.29, 0.717) is 11.3 Å². The van der Waals surface area contributed by atoms with Gasteiger partial charge >= 0.3 is 0 Å². The Morgan fingerprint density at radius 3 is 2.30 bits per heavy atom. The van der Waals surface area contributed by atoms with Gasteiger partial charge in [0.25, 0.3) is 5.91 Å². The van der Waals surface area contributed by atoms with Crippen LogP contribution in [0.25, 0.3) is 0 Å². The molecular formula is C16H23N3O. The molecule has 3 N–H and O–H groups in total. The summed E-state index contributed by atoms with van der Waals surface area (Å²) in [6, 6.07) is 5.67. The molecule has 1 amide bonds. The fourth-order valence-corrected chi connectivity index (χ4v) is 2.62. The molecule has 0 radical (unpaired) electrons. The molecule has 4 nitrogen and oxygen atoms in total. The van der Waals surface area contributed by atoms with Crippen LogP contribution in [0.2, 0.25) is 0 Å². The van der Waals surface area contributed by atoms with Gasteiger partial charge in [-0.3, -0.25) is 4.79 Å². The van der Waals surface area contributed by atoms with Crippen molar-refractivity contribution in [3.05, 3.63) is 23.8 Å². The Kier molecular flexibility index (Phi) is 3.55. The quantitative estimate of drug-likeness (QED) is 0.782. The predicted molar refractivity (Wildman–Crippen MR) is 81.9 cm³/mol. The van der Waals surface area contributed by atoms with E-state index >= 15 is 0 Å². The lowest BCUT2D eigenvalue weighted by atomic mass is 10.1. The first kappa shape index (κ1) is 13.3. The van der Waals surface area contributed by atoms with Crippen molar-refractivity contribution in [3.8, 4) is 0 Å². The molecule has 0 unspecified atom stereocenters. The summed E-state index contributed by atoms with van der Waals surface area (Å²) in [4.78, 5) is 14.1. The zero-order valence-electron chi connectivity index (χ0n) is 12.1. The van der Waals surface area contributed by atoms with Crippen LogP contribution in [-0.4, -0.2) is 26.0 Å². The van der Waals surface area contributed by atoms with Gasteiger partial charge in [-0.2, -0.15) is 0 Å². The molecule has 0 aliphatic heterocycles. The van der Waals surface area contributed by atoms with Crippen molar-refractivity contribution in [2.24, 2.45) is 11.8 Å². The number of benzene rings is 1. The third-order valence-electron chi connectivity index (χ3n) is 4.21. The number of anilines is 2. The van der Waals surface area contributed by atoms with Gasteiger partial charge < -0.3 is 16.0 Å². The maximum atomic E-state index is 11.6. The van der Waals surface area contributed by atoms with E-state index in [0.717, 1.165) is 30.6 Å². The molecule has 0 heterocycles. The van der Waals surface area contributed by atoms with Crippen molar-refractivity contribution in [3.63, 3.8) is 0 Å². The number of hydrogen-bond acceptors (Lipinski definition) is 3. The summed E-state index contributed by atoms with van der Waals surface area (Å²) < 4.78 is 0. The minimum Gasteiger partial charge on any atom is -0.397 e. The van der Waals surface area contributed by atoms with Gasteiger partial charge in [-0.25, -0.2) is 0 Å². The van der Waals surface area contributed by atoms with Crippen molar-refractivity contribution in [1.82, 2.24) is 5.32 Å². The van der Waals surface area contributed by atoms with Gasteiger partial charge in [0.15, 0.2) is 0 Å². The lowest BCUT2D eigenvalue weighted by molar-refractivity contribution is 0.0963. The Hall–Kier alpha value is -1.71. The fraction of sp³-hybridized carbons (Fsp3) is 0.562. The van der Waals surface area contributed by atoms with Crippen molar-refractivity contribution in [2.75, 3.05) is 30.8 Å². The van der Waals surface area contributed by atoms with Crippen LogP contribution in [0, 0.1) is 11.8 Å². The van der Waals surface area contributed by atoms with Crippen molar-refractivity contribution < 1.29 is 4.79 Å². The first-order chi connectivity index (χ1) is 9.67. The van der Waals surface area contributed by atoms with Gasteiger partial charge in [-0.1, -0.05) is 0 Å². The molecule has 20 heavy (non-hydrogen) atoms. The molecule has 108 valence electrons. The van der Waals surface area contributed by atoms with E-state index in [2.05, 4.69) is 10.2 Å². The highest BCUT2D eigenvalue weighted by Crippen LogP contribution is 2.37. The first-order valence-electron chi connectivity index (χ1n) is 7.54. The minimum absolute atomic E-state index is 0.0841. The second-order valence-electron chi connectivity index (χ2n) is 6.14. The summed E-state index contributed by atoms with van der Waals surface area (Å²) >= 11 is 0. The maximum absolute atomic E-state index is 11.6. The number of hydrogen-bond donors (Lipinski definition) is 2. The van der Waals surface area contributed by atoms with E-state index < -0.39 is 0 Å². The molecule has 2 aliphatic carbocycles. The SMILES string of the molecule is CNC(=O)c1ccc(N(CC2CC2)CC2CC2)c(N)c1. The lowest BCUT2D eigenvalue weighted by Crippen LogP contribution is -2.29. The van der Waals surface area contributed by atoms with Crippen molar-refractivity contribution >= 4 is 17.3 Å². The normalized spacial score (nSPS) is 17.9. The van der Waals surface area contributed by atoms with Gasteiger partial charge in [0, 0.05) is 25.7 Å². The third kappa shape index (κ3) is 3.06. The molecule has 3 rings (SSSR count). The average Bonchev–Trinajstić information content (AvgIpc) is 3.32. The van der Waals surface area contributed by atoms with Crippen LogP contribution >= 0.6 is 0 Å². The minimum atomic E-state index is -0.0841. The number of nitrogens with zero attached hydrogens (tertiary/aromatic N) is 1. The van der Waals surface area contributed by atoms with E-state index in [1.54, 1.807) is 13.1 Å². The zero-order chi connectivity index (χ0) is 14.1. The highest BCUT2D eigenvalue weighted by atomic mass is 16.1. The summed E-state index contributed by atoms with van der Waals surface area (Å²) in [5.41, 5.74) is 8.63. The van der Waals surface area contributed by atoms with Gasteiger partial charge in [-0.05, 0) is 55.7 Å². The van der Waals surface area contributed by atoms with Gasteiger partial charge in [0.2, 0.25) is 0 Å². The number of nitrogen functional groups attached to an aromatic ring is 1. The summed E-state index contributed by atoms with van der Waals surface area (Å²) in [7, 11) is 1.64. The average molecular weight is 273 g/mol. The van der Waals surface area contributed by atoms with Crippen LogP contribution in [0.4, 0.5) is 11.4 Å². The lowest BCUT2D eigenvalue weighted by Gasteiger charge is -2.26. The molecular weight excluding hydrogens is 250 g/mol. The zero-order valence-corrected chi connectivity index (χ0v) is 12.1. The van der Waals surface area contributed by atoms with Crippen LogP contribution in [0.15, 0.2) is 18.2 Å². The standard InChI is InChI=1S/C16H23N3O/c1-18-16(20)13-6-7-15(14(17)8-13)19(9-11-2-3-11)10-12-4-5-12/h6-8,11-12H,2-5,9-10,17H2,1H3,(H,18,20). The van der Waals surface area contributed by atoms with Crippen molar-refractivity contribution in [1.29, 1.82) is 0 Å². The second kappa shape index (κ2) is 5.35. The molecule has 0 atom stereocenters. The van der Waals surface area contributed by atoms with E-state index in [9.17, 15) is 4.79 Å². The summed E-state index contributed by atoms with van der Waals surface area (Å²) in [6.07, 6.45) is 5.38. The fourth-order valence-electron chi connectivity index (χ4n) is 2.62.